The third-order valence-corrected chi connectivity index (χ3v) is 2.51. The molecule has 1 N–H and O–H groups in total. The van der Waals surface area contributed by atoms with Gasteiger partial charge in [0, 0.05) is 0 Å². The summed E-state index contributed by atoms with van der Waals surface area (Å²) in [5.74, 6) is -1.32. The molecule has 1 rings (SSSR count). The number of hydrogen-bond donors (Lipinski definition) is 1. The van der Waals surface area contributed by atoms with Crippen LogP contribution in [0.1, 0.15) is 43.4 Å². The minimum absolute atomic E-state index is 0.104. The Morgan fingerprint density at radius 3 is 2.47 bits per heavy atom. The number of aliphatic hydroxyl groups is 1. The molecule has 0 radical (unpaired) electrons. The maximum absolute atomic E-state index is 13.0. The van der Waals surface area contributed by atoms with E-state index in [2.05, 4.69) is 0 Å². The molecule has 1 nitrogen and oxygen atoms in total. The van der Waals surface area contributed by atoms with Gasteiger partial charge in [0.05, 0.1) is 11.7 Å². The third-order valence-electron chi connectivity index (χ3n) is 2.51. The molecule has 0 fully saturated rings. The molecule has 1 atom stereocenters. The van der Waals surface area contributed by atoms with Gasteiger partial charge in [0.2, 0.25) is 0 Å². The summed E-state index contributed by atoms with van der Waals surface area (Å²) in [5.41, 5.74) is -1.22. The molecule has 1 unspecified atom stereocenters. The van der Waals surface area contributed by atoms with Gasteiger partial charge in [0.1, 0.15) is 5.82 Å². The van der Waals surface area contributed by atoms with Crippen molar-refractivity contribution in [2.75, 3.05) is 0 Å². The van der Waals surface area contributed by atoms with E-state index in [1.165, 1.54) is 6.07 Å². The van der Waals surface area contributed by atoms with Crippen LogP contribution in [0.15, 0.2) is 18.2 Å². The summed E-state index contributed by atoms with van der Waals surface area (Å²) in [7, 11) is 0. The molecule has 0 aliphatic heterocycles. The van der Waals surface area contributed by atoms with Crippen LogP contribution in [0.25, 0.3) is 0 Å². The minimum Gasteiger partial charge on any atom is -0.388 e. The Morgan fingerprint density at radius 1 is 1.29 bits per heavy atom. The molecule has 0 aliphatic rings. The lowest BCUT2D eigenvalue weighted by Crippen LogP contribution is -2.10. The fraction of sp³-hybridized carbons (Fsp3) is 0.500. The van der Waals surface area contributed by atoms with E-state index in [1.54, 1.807) is 0 Å². The maximum atomic E-state index is 13.0. The average molecular weight is 250 g/mol. The van der Waals surface area contributed by atoms with Crippen molar-refractivity contribution >= 4 is 0 Å². The Bertz CT molecular complexity index is 373. The monoisotopic (exact) mass is 250 g/mol. The smallest absolute Gasteiger partial charge is 0.388 e. The molecule has 0 heterocycles. The van der Waals surface area contributed by atoms with Crippen molar-refractivity contribution in [3.8, 4) is 0 Å². The van der Waals surface area contributed by atoms with E-state index in [1.807, 2.05) is 6.92 Å². The summed E-state index contributed by atoms with van der Waals surface area (Å²) in [5, 5.41) is 9.64. The molecule has 1 aromatic carbocycles. The first-order valence-corrected chi connectivity index (χ1v) is 5.41. The van der Waals surface area contributed by atoms with E-state index in [0.29, 0.717) is 18.9 Å². The Labute approximate surface area is 97.1 Å². The molecule has 17 heavy (non-hydrogen) atoms. The number of benzene rings is 1. The van der Waals surface area contributed by atoms with E-state index in [-0.39, 0.29) is 5.56 Å². The van der Waals surface area contributed by atoms with Gasteiger partial charge in [-0.05, 0) is 24.1 Å². The average Bonchev–Trinajstić information content (AvgIpc) is 2.25. The molecular weight excluding hydrogens is 236 g/mol. The Kier molecular flexibility index (Phi) is 4.51. The highest BCUT2D eigenvalue weighted by molar-refractivity contribution is 5.28. The normalized spacial score (nSPS) is 13.8. The Hall–Kier alpha value is -1.10. The lowest BCUT2D eigenvalue weighted by atomic mass is 10.0. The largest absolute Gasteiger partial charge is 0.419 e. The van der Waals surface area contributed by atoms with Gasteiger partial charge in [-0.1, -0.05) is 25.8 Å². The Balaban J connectivity index is 2.96. The lowest BCUT2D eigenvalue weighted by Gasteiger charge is -2.14. The van der Waals surface area contributed by atoms with E-state index >= 15 is 0 Å². The quantitative estimate of drug-likeness (QED) is 0.799. The summed E-state index contributed by atoms with van der Waals surface area (Å²) in [6, 6.07) is 2.61. The number of unbranched alkanes of at least 4 members (excludes halogenated alkanes) is 1. The topological polar surface area (TPSA) is 20.2 Å². The van der Waals surface area contributed by atoms with Crippen molar-refractivity contribution in [2.45, 2.75) is 38.5 Å². The van der Waals surface area contributed by atoms with Crippen molar-refractivity contribution in [2.24, 2.45) is 0 Å². The molecule has 5 heteroatoms. The summed E-state index contributed by atoms with van der Waals surface area (Å²) in [6.45, 7) is 1.92. The molecule has 0 bridgehead atoms. The first kappa shape index (κ1) is 14.0. The third kappa shape index (κ3) is 3.70. The molecule has 96 valence electrons. The minimum atomic E-state index is -4.73. The zero-order valence-corrected chi connectivity index (χ0v) is 9.39. The van der Waals surface area contributed by atoms with Crippen LogP contribution >= 0.6 is 0 Å². The zero-order chi connectivity index (χ0) is 13.1. The summed E-state index contributed by atoms with van der Waals surface area (Å²) < 4.78 is 50.2. The van der Waals surface area contributed by atoms with E-state index in [0.717, 1.165) is 12.5 Å². The van der Waals surface area contributed by atoms with Crippen LogP contribution in [0.2, 0.25) is 0 Å². The van der Waals surface area contributed by atoms with Gasteiger partial charge in [-0.15, -0.1) is 0 Å². The van der Waals surface area contributed by atoms with Gasteiger partial charge >= 0.3 is 6.18 Å². The second-order valence-electron chi connectivity index (χ2n) is 3.90. The number of rotatable bonds is 4. The van der Waals surface area contributed by atoms with Crippen LogP contribution in [-0.2, 0) is 6.18 Å². The summed E-state index contributed by atoms with van der Waals surface area (Å²) in [6.07, 6.45) is -3.79. The highest BCUT2D eigenvalue weighted by atomic mass is 19.4. The molecule has 0 aliphatic carbocycles. The number of halogens is 4. The second kappa shape index (κ2) is 5.49. The zero-order valence-electron chi connectivity index (χ0n) is 9.39. The van der Waals surface area contributed by atoms with Crippen LogP contribution in [0.5, 0.6) is 0 Å². The highest BCUT2D eigenvalue weighted by Crippen LogP contribution is 2.33. The lowest BCUT2D eigenvalue weighted by molar-refractivity contribution is -0.140. The van der Waals surface area contributed by atoms with Crippen molar-refractivity contribution in [3.05, 3.63) is 35.1 Å². The van der Waals surface area contributed by atoms with Gasteiger partial charge in [-0.25, -0.2) is 4.39 Å². The van der Waals surface area contributed by atoms with Crippen LogP contribution in [0, 0.1) is 5.82 Å². The summed E-state index contributed by atoms with van der Waals surface area (Å²) >= 11 is 0. The molecular formula is C12H14F4O. The van der Waals surface area contributed by atoms with Crippen molar-refractivity contribution in [3.63, 3.8) is 0 Å². The van der Waals surface area contributed by atoms with Crippen LogP contribution in [0.3, 0.4) is 0 Å². The van der Waals surface area contributed by atoms with Gasteiger partial charge in [-0.2, -0.15) is 13.2 Å². The van der Waals surface area contributed by atoms with E-state index in [9.17, 15) is 22.7 Å². The maximum Gasteiger partial charge on any atom is 0.419 e. The predicted octanol–water partition coefficient (Wildman–Crippen LogP) is 4.07. The molecule has 0 amide bonds. The Morgan fingerprint density at radius 2 is 1.94 bits per heavy atom. The molecule has 0 saturated heterocycles. The number of aliphatic hydroxyl groups excluding tert-OH is 1. The molecule has 1 aromatic rings. The van der Waals surface area contributed by atoms with Crippen LogP contribution in [-0.4, -0.2) is 5.11 Å². The van der Waals surface area contributed by atoms with Gasteiger partial charge in [0.15, 0.2) is 0 Å². The second-order valence-corrected chi connectivity index (χ2v) is 3.90. The molecule has 0 aromatic heterocycles. The first-order valence-electron chi connectivity index (χ1n) is 5.41. The first-order chi connectivity index (χ1) is 7.86. The van der Waals surface area contributed by atoms with E-state index < -0.39 is 23.7 Å². The van der Waals surface area contributed by atoms with Crippen LogP contribution < -0.4 is 0 Å². The fourth-order valence-corrected chi connectivity index (χ4v) is 1.53. The van der Waals surface area contributed by atoms with Gasteiger partial charge in [-0.3, -0.25) is 0 Å². The molecule has 0 saturated carbocycles. The summed E-state index contributed by atoms with van der Waals surface area (Å²) in [4.78, 5) is 0. The fourth-order valence-electron chi connectivity index (χ4n) is 1.53. The van der Waals surface area contributed by atoms with Crippen molar-refractivity contribution in [1.82, 2.24) is 0 Å². The van der Waals surface area contributed by atoms with Gasteiger partial charge < -0.3 is 5.11 Å². The van der Waals surface area contributed by atoms with Crippen molar-refractivity contribution < 1.29 is 22.7 Å². The van der Waals surface area contributed by atoms with Gasteiger partial charge in [0.25, 0.3) is 0 Å². The van der Waals surface area contributed by atoms with Crippen LogP contribution in [0.4, 0.5) is 17.6 Å². The SMILES string of the molecule is CCCCC(O)c1ccc(F)c(C(F)(F)F)c1. The highest BCUT2D eigenvalue weighted by Gasteiger charge is 2.34. The predicted molar refractivity (Wildman–Crippen MR) is 55.9 cm³/mol. The van der Waals surface area contributed by atoms with Crippen molar-refractivity contribution in [1.29, 1.82) is 0 Å². The van der Waals surface area contributed by atoms with E-state index in [4.69, 9.17) is 0 Å². The molecule has 0 spiro atoms. The standard InChI is InChI=1S/C12H14F4O/c1-2-3-4-11(17)8-5-6-10(13)9(7-8)12(14,15)16/h5-7,11,17H,2-4H2,1H3. The number of hydrogen-bond acceptors (Lipinski definition) is 1. The number of alkyl halides is 3.